The average molecular weight is 897 g/mol. The number of anilines is 1. The Balaban J connectivity index is 1.23. The lowest BCUT2D eigenvalue weighted by atomic mass is 9.78. The fourth-order valence-electron chi connectivity index (χ4n) is 10.0. The molecule has 0 bridgehead atoms. The first-order valence-corrected chi connectivity index (χ1v) is 25.1. The molecule has 0 radical (unpaired) electrons. The van der Waals surface area contributed by atoms with E-state index in [4.69, 9.17) is 4.74 Å². The van der Waals surface area contributed by atoms with Gasteiger partial charge in [0.25, 0.3) is 10.1 Å². The molecule has 0 spiro atoms. The van der Waals surface area contributed by atoms with E-state index in [2.05, 4.69) is 128 Å². The maximum atomic E-state index is 11.6. The van der Waals surface area contributed by atoms with Crippen LogP contribution >= 0.6 is 0 Å². The van der Waals surface area contributed by atoms with Crippen molar-refractivity contribution in [1.29, 1.82) is 0 Å². The number of ether oxygens (including phenoxy) is 1. The van der Waals surface area contributed by atoms with E-state index in [0.29, 0.717) is 43.7 Å². The lowest BCUT2D eigenvalue weighted by Crippen LogP contribution is -2.28. The first-order chi connectivity index (χ1) is 30.7. The van der Waals surface area contributed by atoms with Crippen molar-refractivity contribution in [1.82, 2.24) is 0 Å². The summed E-state index contributed by atoms with van der Waals surface area (Å²) >= 11 is -2.09. The van der Waals surface area contributed by atoms with Crippen LogP contribution in [-0.4, -0.2) is 62.9 Å². The van der Waals surface area contributed by atoms with Gasteiger partial charge in [-0.05, 0) is 139 Å². The van der Waals surface area contributed by atoms with E-state index in [1.165, 1.54) is 27.3 Å². The molecule has 0 fully saturated rings. The molecule has 0 aromatic heterocycles. The first-order valence-electron chi connectivity index (χ1n) is 22.2. The van der Waals surface area contributed by atoms with Gasteiger partial charge in [0.05, 0.1) is 11.2 Å². The smallest absolute Gasteiger partial charge is 0.264 e. The zero-order valence-electron chi connectivity index (χ0n) is 37.0. The van der Waals surface area contributed by atoms with Gasteiger partial charge in [-0.25, -0.2) is 0 Å². The van der Waals surface area contributed by atoms with Crippen LogP contribution in [0.15, 0.2) is 144 Å². The van der Waals surface area contributed by atoms with Crippen LogP contribution in [0.2, 0.25) is 0 Å². The SMILES string of the molecule is CC1(C)C(/C=C/C2=C(Oc3ccc(C=O)cc3)C(=C/C=C3/N(CCCCS(=O)[O-])c4ccc5ccccc5c4C3(C)C)/CCC2)=[N+](CCCCS(=O)(=O)O)c2ccc3ccccc3c21. The normalized spacial score (nSPS) is 18.8. The second-order valence-electron chi connectivity index (χ2n) is 18.1. The number of fused-ring (bicyclic) bond motifs is 6. The van der Waals surface area contributed by atoms with Crippen LogP contribution in [0.25, 0.3) is 21.5 Å². The largest absolute Gasteiger partial charge is 0.772 e. The molecule has 9 nitrogen and oxygen atoms in total. The van der Waals surface area contributed by atoms with E-state index in [1.807, 2.05) is 18.2 Å². The van der Waals surface area contributed by atoms with Crippen LogP contribution < -0.4 is 9.64 Å². The molecular weight excluding hydrogens is 841 g/mol. The molecule has 2 aliphatic heterocycles. The number of hydrogen-bond acceptors (Lipinski definition) is 7. The van der Waals surface area contributed by atoms with Crippen molar-refractivity contribution in [2.24, 2.45) is 0 Å². The molecule has 2 heterocycles. The Kier molecular flexibility index (Phi) is 13.1. The van der Waals surface area contributed by atoms with Crippen molar-refractivity contribution < 1.29 is 35.8 Å². The predicted octanol–water partition coefficient (Wildman–Crippen LogP) is 11.2. The average Bonchev–Trinajstić information content (AvgIpc) is 3.63. The van der Waals surface area contributed by atoms with E-state index in [9.17, 15) is 26.5 Å². The minimum atomic E-state index is -4.07. The highest BCUT2D eigenvalue weighted by molar-refractivity contribution is 7.85. The maximum Gasteiger partial charge on any atom is 0.264 e. The summed E-state index contributed by atoms with van der Waals surface area (Å²) in [6.45, 7) is 10.3. The summed E-state index contributed by atoms with van der Waals surface area (Å²) < 4.78 is 64.9. The summed E-state index contributed by atoms with van der Waals surface area (Å²) in [4.78, 5) is 14.0. The number of unbranched alkanes of at least 4 members (excludes halogenated alkanes) is 2. The van der Waals surface area contributed by atoms with Gasteiger partial charge in [0, 0.05) is 58.8 Å². The Morgan fingerprint density at radius 2 is 1.48 bits per heavy atom. The number of carbonyl (C=O) groups excluding carboxylic acids is 1. The summed E-state index contributed by atoms with van der Waals surface area (Å²) in [5, 5.41) is 4.71. The quantitative estimate of drug-likeness (QED) is 0.0341. The van der Waals surface area contributed by atoms with E-state index in [-0.39, 0.29) is 16.9 Å². The number of benzene rings is 5. The Bertz CT molecular complexity index is 2920. The van der Waals surface area contributed by atoms with Gasteiger partial charge in [-0.1, -0.05) is 85.6 Å². The number of allylic oxidation sites excluding steroid dienone is 7. The summed E-state index contributed by atoms with van der Waals surface area (Å²) in [7, 11) is -4.07. The topological polar surface area (TPSA) is 127 Å². The highest BCUT2D eigenvalue weighted by Gasteiger charge is 2.46. The monoisotopic (exact) mass is 896 g/mol. The van der Waals surface area contributed by atoms with E-state index < -0.39 is 26.6 Å². The molecular formula is C53H56N2O7S2. The fourth-order valence-corrected chi connectivity index (χ4v) is 11.0. The summed E-state index contributed by atoms with van der Waals surface area (Å²) in [5.41, 5.74) is 8.78. The summed E-state index contributed by atoms with van der Waals surface area (Å²) in [6, 6.07) is 32.7. The summed E-state index contributed by atoms with van der Waals surface area (Å²) in [6.07, 6.45) is 14.3. The lowest BCUT2D eigenvalue weighted by Gasteiger charge is -2.28. The van der Waals surface area contributed by atoms with Crippen molar-refractivity contribution in [3.63, 3.8) is 0 Å². The molecule has 8 rings (SSSR count). The molecule has 5 aromatic carbocycles. The zero-order chi connectivity index (χ0) is 45.2. The van der Waals surface area contributed by atoms with Crippen LogP contribution in [0.3, 0.4) is 0 Å². The molecule has 1 N–H and O–H groups in total. The predicted molar refractivity (Wildman–Crippen MR) is 258 cm³/mol. The van der Waals surface area contributed by atoms with E-state index in [0.717, 1.165) is 77.0 Å². The number of hydrogen-bond donors (Lipinski definition) is 1. The molecule has 332 valence electrons. The number of nitrogens with zero attached hydrogens (tertiary/aromatic N) is 2. The molecule has 64 heavy (non-hydrogen) atoms. The van der Waals surface area contributed by atoms with Gasteiger partial charge in [0.15, 0.2) is 5.71 Å². The van der Waals surface area contributed by atoms with Gasteiger partial charge in [0.1, 0.15) is 24.3 Å². The van der Waals surface area contributed by atoms with Crippen molar-refractivity contribution in [3.05, 3.63) is 161 Å². The van der Waals surface area contributed by atoms with E-state index in [1.54, 1.807) is 12.1 Å². The van der Waals surface area contributed by atoms with Crippen LogP contribution in [-0.2, 0) is 32.0 Å². The second-order valence-corrected chi connectivity index (χ2v) is 20.7. The third-order valence-electron chi connectivity index (χ3n) is 13.1. The molecule has 0 amide bonds. The van der Waals surface area contributed by atoms with Crippen LogP contribution in [0.4, 0.5) is 11.4 Å². The Morgan fingerprint density at radius 1 is 0.797 bits per heavy atom. The molecule has 1 aliphatic carbocycles. The van der Waals surface area contributed by atoms with Crippen LogP contribution in [0, 0.1) is 0 Å². The second kappa shape index (κ2) is 18.6. The van der Waals surface area contributed by atoms with Crippen LogP contribution in [0.1, 0.15) is 94.1 Å². The molecule has 1 atom stereocenters. The van der Waals surface area contributed by atoms with Gasteiger partial charge < -0.3 is 14.2 Å². The number of aldehydes is 1. The number of rotatable bonds is 16. The minimum Gasteiger partial charge on any atom is -0.772 e. The van der Waals surface area contributed by atoms with Crippen molar-refractivity contribution in [2.45, 2.75) is 83.5 Å². The van der Waals surface area contributed by atoms with Crippen molar-refractivity contribution >= 4 is 66.1 Å². The molecule has 1 unspecified atom stereocenters. The Hall–Kier alpha value is -5.46. The summed E-state index contributed by atoms with van der Waals surface area (Å²) in [5.74, 6) is 1.23. The zero-order valence-corrected chi connectivity index (χ0v) is 38.6. The standard InChI is InChI=1S/C53H56N2O7S2/c1-52(2)47(54(32-9-11-34-63(57)58)45-28-22-38-14-5-7-18-43(38)49(45)52)30-24-40-16-13-17-41(51(40)62-42-26-20-37(36-56)21-27-42)25-31-48-53(3,4)50-44-19-8-6-15-39(44)23-29-46(50)55(48)33-10-12-35-64(59,60)61/h5-8,14-15,18-31,36H,9-13,16-17,32-35H2,1-4H3,(H-,57,58,59,60,61). The van der Waals surface area contributed by atoms with Crippen molar-refractivity contribution in [2.75, 3.05) is 29.5 Å². The molecule has 0 saturated heterocycles. The van der Waals surface area contributed by atoms with Crippen LogP contribution in [0.5, 0.6) is 5.75 Å². The fraction of sp³-hybridized carbons (Fsp3) is 0.321. The Morgan fingerprint density at radius 3 is 2.17 bits per heavy atom. The third kappa shape index (κ3) is 9.22. The van der Waals surface area contributed by atoms with Gasteiger partial charge >= 0.3 is 0 Å². The van der Waals surface area contributed by atoms with Gasteiger partial charge in [-0.3, -0.25) is 13.6 Å². The first kappa shape index (κ1) is 45.1. The number of carbonyl (C=O) groups is 1. The van der Waals surface area contributed by atoms with Gasteiger partial charge in [-0.15, -0.1) is 0 Å². The minimum absolute atomic E-state index is 0.130. The highest BCUT2D eigenvalue weighted by Crippen LogP contribution is 2.51. The van der Waals surface area contributed by atoms with Crippen molar-refractivity contribution in [3.8, 4) is 5.75 Å². The molecule has 5 aromatic rings. The van der Waals surface area contributed by atoms with Gasteiger partial charge in [0.2, 0.25) is 5.69 Å². The lowest BCUT2D eigenvalue weighted by molar-refractivity contribution is -0.438. The molecule has 0 saturated carbocycles. The molecule has 3 aliphatic rings. The van der Waals surface area contributed by atoms with E-state index >= 15 is 0 Å². The third-order valence-corrected chi connectivity index (χ3v) is 14.5. The Labute approximate surface area is 379 Å². The highest BCUT2D eigenvalue weighted by atomic mass is 32.2. The molecule has 11 heteroatoms. The maximum absolute atomic E-state index is 11.6. The van der Waals surface area contributed by atoms with Gasteiger partial charge in [-0.2, -0.15) is 13.0 Å².